The molecule has 0 radical (unpaired) electrons. The Morgan fingerprint density at radius 1 is 0.534 bits per heavy atom. The molecule has 1 unspecified atom stereocenters. The van der Waals surface area contributed by atoms with E-state index in [1.54, 1.807) is 44.4 Å². The molecular formula is C92H129ClN4O17Si2. The molecule has 2 spiro atoms. The Balaban J connectivity index is 0.000000228. The number of ether oxygens (including phenoxy) is 6. The van der Waals surface area contributed by atoms with Crippen LogP contribution in [0.5, 0.6) is 23.0 Å². The minimum Gasteiger partial charge on any atom is -0.543 e. The number of aryl methyl sites for hydroxylation is 2. The van der Waals surface area contributed by atoms with Crippen LogP contribution in [0.15, 0.2) is 60.7 Å². The van der Waals surface area contributed by atoms with Crippen LogP contribution < -0.4 is 18.3 Å². The van der Waals surface area contributed by atoms with E-state index in [4.69, 9.17) is 58.8 Å². The van der Waals surface area contributed by atoms with Crippen LogP contribution in [-0.4, -0.2) is 150 Å². The highest BCUT2D eigenvalue weighted by molar-refractivity contribution is 6.75. The number of carbonyl (C=O) groups excluding carboxylic acids is 9. The fourth-order valence-electron chi connectivity index (χ4n) is 17.6. The summed E-state index contributed by atoms with van der Waals surface area (Å²) >= 11 is 7.49. The molecule has 2 amide bonds. The number of rotatable bonds is 14. The summed E-state index contributed by atoms with van der Waals surface area (Å²) in [6.07, 6.45) is 18.1. The third-order valence-corrected chi connectivity index (χ3v) is 35.1. The molecule has 24 heteroatoms. The summed E-state index contributed by atoms with van der Waals surface area (Å²) in [5.41, 5.74) is -1.55. The molecule has 4 fully saturated rings. The molecular weight excluding hydrogens is 1520 g/mol. The van der Waals surface area contributed by atoms with E-state index < -0.39 is 97.1 Å². The van der Waals surface area contributed by atoms with Crippen molar-refractivity contribution in [3.63, 3.8) is 0 Å². The highest BCUT2D eigenvalue weighted by Crippen LogP contribution is 2.61. The Labute approximate surface area is 694 Å². The maximum absolute atomic E-state index is 14.9. The van der Waals surface area contributed by atoms with E-state index >= 15 is 0 Å². The summed E-state index contributed by atoms with van der Waals surface area (Å²) in [7, 11) is -4.36. The van der Waals surface area contributed by atoms with Crippen molar-refractivity contribution in [2.24, 2.45) is 34.5 Å². The summed E-state index contributed by atoms with van der Waals surface area (Å²) in [6, 6.07) is 9.82. The number of amides is 2. The zero-order valence-corrected chi connectivity index (χ0v) is 75.6. The van der Waals surface area contributed by atoms with E-state index in [9.17, 15) is 43.2 Å². The summed E-state index contributed by atoms with van der Waals surface area (Å²) in [4.78, 5) is 141. The number of pyridine rings is 2. The third-order valence-electron chi connectivity index (χ3n) is 26.0. The van der Waals surface area contributed by atoms with E-state index in [-0.39, 0.29) is 128 Å². The molecule has 8 heterocycles. The first-order valence-electron chi connectivity index (χ1n) is 42.9. The van der Waals surface area contributed by atoms with Crippen LogP contribution in [0.2, 0.25) is 36.3 Å². The summed E-state index contributed by atoms with van der Waals surface area (Å²) < 4.78 is 50.0. The minimum absolute atomic E-state index is 0.00442. The van der Waals surface area contributed by atoms with Gasteiger partial charge in [-0.1, -0.05) is 105 Å². The lowest BCUT2D eigenvalue weighted by molar-refractivity contribution is -0.159. The molecule has 2 aliphatic carbocycles. The number of hydrogen-bond acceptors (Lipinski definition) is 19. The molecule has 116 heavy (non-hydrogen) atoms. The lowest BCUT2D eigenvalue weighted by atomic mass is 9.84. The van der Waals surface area contributed by atoms with Gasteiger partial charge in [-0.25, -0.2) is 9.97 Å². The number of benzene rings is 2. The SMILES string of the molecule is CCOC(=O)[C@]12CC(=O)[C@@H]3C[C@]4(CC(=O)c5c(c(CC)nc6ccc(O[Si](C)(C)C(C)(C)C)cc56)O4)CN3C(=O)[C@@H](CC(=O)OC(C)(C)C)CCCCC/C=C\[C@@H]1C2.CCOC(=O)[C@]12CC(=O)[C@@H]3C[C@]4(CC(Cl)c5c(c(CC)nc6ccc(O[Si](C)(C)C(C)(C)C)cc56)O4)CN3C(=O)[C@@H](CC(=O)OC(C)(C)C)CCCCC/C=C\[C@@H]1C2. The van der Waals surface area contributed by atoms with E-state index in [0.29, 0.717) is 90.8 Å². The molecule has 2 saturated heterocycles. The van der Waals surface area contributed by atoms with Gasteiger partial charge in [0.25, 0.3) is 0 Å². The van der Waals surface area contributed by atoms with Crippen LogP contribution in [0.3, 0.4) is 0 Å². The van der Waals surface area contributed by atoms with Crippen LogP contribution in [0.1, 0.15) is 272 Å². The highest BCUT2D eigenvalue weighted by atomic mass is 35.5. The van der Waals surface area contributed by atoms with Crippen LogP contribution in [0.4, 0.5) is 0 Å². The Hall–Kier alpha value is -7.51. The highest BCUT2D eigenvalue weighted by Gasteiger charge is 2.65. The van der Waals surface area contributed by atoms with Crippen molar-refractivity contribution in [1.29, 1.82) is 0 Å². The van der Waals surface area contributed by atoms with Gasteiger partial charge in [-0.15, -0.1) is 11.6 Å². The maximum atomic E-state index is 14.9. The van der Waals surface area contributed by atoms with Crippen LogP contribution in [0, 0.1) is 34.5 Å². The molecule has 2 aromatic heterocycles. The lowest BCUT2D eigenvalue weighted by Crippen LogP contribution is -2.48. The van der Waals surface area contributed by atoms with Crippen molar-refractivity contribution in [3.8, 4) is 23.0 Å². The number of Topliss-reactive ketones (excluding diaryl/α,β-unsaturated/α-hetero) is 3. The quantitative estimate of drug-likeness (QED) is 0.0373. The number of hydrogen-bond donors (Lipinski definition) is 0. The summed E-state index contributed by atoms with van der Waals surface area (Å²) in [5.74, 6) is -2.24. The van der Waals surface area contributed by atoms with Gasteiger partial charge in [-0.05, 0) is 204 Å². The summed E-state index contributed by atoms with van der Waals surface area (Å²) in [6.45, 7) is 40.8. The predicted octanol–water partition coefficient (Wildman–Crippen LogP) is 18.9. The second kappa shape index (κ2) is 34.3. The van der Waals surface area contributed by atoms with Gasteiger partial charge in [0.15, 0.2) is 23.1 Å². The van der Waals surface area contributed by atoms with Crippen molar-refractivity contribution < 1.29 is 80.4 Å². The molecule has 21 nitrogen and oxygen atoms in total. The van der Waals surface area contributed by atoms with Crippen molar-refractivity contribution in [2.75, 3.05) is 26.3 Å². The van der Waals surface area contributed by atoms with Crippen molar-refractivity contribution in [3.05, 3.63) is 83.2 Å². The number of fused-ring (bicyclic) bond motifs is 10. The number of nitrogens with zero attached hydrogens (tertiary/aromatic N) is 4. The van der Waals surface area contributed by atoms with Crippen molar-refractivity contribution in [1.82, 2.24) is 19.8 Å². The topological polar surface area (TPSA) is 260 Å². The fraction of sp³-hybridized carbons (Fsp3) is 0.663. The molecule has 634 valence electrons. The molecule has 0 N–H and O–H groups in total. The first-order chi connectivity index (χ1) is 54.2. The zero-order valence-electron chi connectivity index (χ0n) is 72.8. The van der Waals surface area contributed by atoms with Crippen LogP contribution in [-0.2, 0) is 70.1 Å². The first-order valence-corrected chi connectivity index (χ1v) is 49.1. The van der Waals surface area contributed by atoms with Gasteiger partial charge >= 0.3 is 23.9 Å². The number of carbonyl (C=O) groups is 9. The maximum Gasteiger partial charge on any atom is 0.313 e. The first kappa shape index (κ1) is 89.3. The smallest absolute Gasteiger partial charge is 0.313 e. The molecule has 4 aromatic rings. The van der Waals surface area contributed by atoms with E-state index in [1.165, 1.54) is 0 Å². The Morgan fingerprint density at radius 3 is 1.40 bits per heavy atom. The van der Waals surface area contributed by atoms with Gasteiger partial charge in [-0.3, -0.25) is 43.2 Å². The lowest BCUT2D eigenvalue weighted by Gasteiger charge is -2.39. The van der Waals surface area contributed by atoms with E-state index in [2.05, 4.69) is 86.0 Å². The predicted molar refractivity (Wildman–Crippen MR) is 453 cm³/mol. The van der Waals surface area contributed by atoms with Gasteiger partial charge in [0.05, 0.1) is 102 Å². The second-order valence-corrected chi connectivity index (χ2v) is 49.3. The molecule has 2 aromatic carbocycles. The van der Waals surface area contributed by atoms with E-state index in [1.807, 2.05) is 77.1 Å². The van der Waals surface area contributed by atoms with E-state index in [0.717, 1.165) is 72.9 Å². The van der Waals surface area contributed by atoms with Gasteiger partial charge in [0.1, 0.15) is 39.7 Å². The van der Waals surface area contributed by atoms with Gasteiger partial charge in [0.2, 0.25) is 28.4 Å². The monoisotopic (exact) mass is 1650 g/mol. The normalized spacial score (nSPS) is 28.1. The molecule has 0 bridgehead atoms. The third kappa shape index (κ3) is 19.5. The Kier molecular flexibility index (Phi) is 26.4. The number of ketones is 3. The minimum atomic E-state index is -2.21. The number of aromatic nitrogens is 2. The average molecular weight is 1650 g/mol. The molecule has 8 aliphatic rings. The van der Waals surface area contributed by atoms with Gasteiger partial charge in [0, 0.05) is 60.3 Å². The molecule has 11 atom stereocenters. The molecule has 12 rings (SSSR count). The summed E-state index contributed by atoms with van der Waals surface area (Å²) in [5, 5.41) is 0.952. The zero-order chi connectivity index (χ0) is 84.8. The van der Waals surface area contributed by atoms with Gasteiger partial charge in [-0.2, -0.15) is 0 Å². The average Bonchev–Trinajstić information content (AvgIpc) is 1.48. The number of halogens is 1. The standard InChI is InChI=1S/C46H65ClN2O8Si.C46H64N2O9Si/c1-11-34-40-39(32-23-31(20-21-35(32)48-34)57-58(9,10)44(6,7)8)33(47)25-45(56-40)26-36-37(50)27-46(42(53)54-12-2)24-30(46)19-17-15-13-14-16-18-29(41(52)49(36)28-45)22-38(51)55-43(3,4)5;1-11-33-40-39(32-23-31(20-21-34(32)47-33)57-58(9,10)44(6,7)8)37(50)26-45(56-40)25-35-36(49)27-46(42(53)54-12-2)24-30(46)19-17-15-13-14-16-18-29(41(52)48(35)28-45)22-38(51)55-43(3,4)5/h17,19-21,23,29-30,33,36H,11-16,18,22,24-28H2,1-10H3;17,19-21,23,29-30,35H,11-16,18,22,24-28H2,1-10H3/b2*19-17-/t29-,30-,33?,36+,45-,46-;29-,30-,35+,45+,46-/m11/s1. The number of allylic oxidation sites excluding steroid dienone is 4. The molecule has 2 saturated carbocycles. The molecule has 6 aliphatic heterocycles. The van der Waals surface area contributed by atoms with Crippen LogP contribution in [0.25, 0.3) is 21.8 Å². The number of esters is 4. The number of alkyl halides is 1. The fourth-order valence-corrected chi connectivity index (χ4v) is 20.2. The Morgan fingerprint density at radius 2 is 0.957 bits per heavy atom. The Bertz CT molecular complexity index is 4510. The van der Waals surface area contributed by atoms with Crippen molar-refractivity contribution in [2.45, 2.75) is 328 Å². The van der Waals surface area contributed by atoms with Gasteiger partial charge < -0.3 is 47.1 Å². The largest absolute Gasteiger partial charge is 0.543 e. The van der Waals surface area contributed by atoms with Crippen molar-refractivity contribution >= 4 is 103 Å². The second-order valence-electron chi connectivity index (χ2n) is 39.3. The van der Waals surface area contributed by atoms with Crippen LogP contribution >= 0.6 is 11.6 Å².